The highest BCUT2D eigenvalue weighted by Gasteiger charge is 2.45. The molecule has 0 atom stereocenters. The molecule has 0 saturated heterocycles. The van der Waals surface area contributed by atoms with Crippen molar-refractivity contribution >= 4 is 97.4 Å². The summed E-state index contributed by atoms with van der Waals surface area (Å²) in [5.74, 6) is 2.99. The van der Waals surface area contributed by atoms with Crippen molar-refractivity contribution in [2.45, 2.75) is 13.2 Å². The van der Waals surface area contributed by atoms with Crippen LogP contribution in [0.5, 0.6) is 11.5 Å². The second-order valence-corrected chi connectivity index (χ2v) is 28.7. The van der Waals surface area contributed by atoms with E-state index in [-0.39, 0.29) is 23.9 Å². The number of rotatable bonds is 14. The van der Waals surface area contributed by atoms with Gasteiger partial charge in [-0.2, -0.15) is 0 Å². The number of nitrogens with zero attached hydrogens (tertiary/aromatic N) is 8. The van der Waals surface area contributed by atoms with Crippen LogP contribution in [-0.2, 0) is 39.1 Å². The van der Waals surface area contributed by atoms with Crippen LogP contribution in [0.4, 0.5) is 11.6 Å². The maximum Gasteiger partial charge on any atom is 0.419 e. The number of anilines is 2. The Morgan fingerprint density at radius 2 is 0.938 bits per heavy atom. The lowest BCUT2D eigenvalue weighted by Crippen LogP contribution is -2.27. The third-order valence-corrected chi connectivity index (χ3v) is 24.3. The van der Waals surface area contributed by atoms with Crippen LogP contribution in [0.2, 0.25) is 0 Å². The zero-order chi connectivity index (χ0) is 66.5. The Kier molecular flexibility index (Phi) is 20.0. The first-order valence-electron chi connectivity index (χ1n) is 30.4. The highest BCUT2D eigenvalue weighted by Crippen LogP contribution is 2.66. The third-order valence-electron chi connectivity index (χ3n) is 15.9. The molecule has 0 fully saturated rings. The van der Waals surface area contributed by atoms with Gasteiger partial charge in [0, 0.05) is 74.9 Å². The molecule has 20 heteroatoms. The number of aromatic hydroxyl groups is 1. The van der Waals surface area contributed by atoms with Gasteiger partial charge in [0.05, 0.1) is 28.7 Å². The number of nitrogens with one attached hydrogen (secondary N) is 2. The van der Waals surface area contributed by atoms with Gasteiger partial charge in [0.1, 0.15) is 45.7 Å². The van der Waals surface area contributed by atoms with Gasteiger partial charge in [0.25, 0.3) is 0 Å². The Morgan fingerprint density at radius 3 is 1.39 bits per heavy atom. The lowest BCUT2D eigenvalue weighted by molar-refractivity contribution is 0.282. The zero-order valence-corrected chi connectivity index (χ0v) is 55.2. The molecule has 15 aromatic rings. The van der Waals surface area contributed by atoms with Crippen LogP contribution in [0.3, 0.4) is 0 Å². The smallest absolute Gasteiger partial charge is 0.419 e. The molecule has 0 unspecified atom stereocenters. The van der Waals surface area contributed by atoms with Crippen molar-refractivity contribution in [1.82, 2.24) is 39.0 Å². The van der Waals surface area contributed by atoms with Gasteiger partial charge in [-0.1, -0.05) is 103 Å². The number of fused-ring (bicyclic) bond motifs is 4. The van der Waals surface area contributed by atoms with Crippen LogP contribution in [0.15, 0.2) is 280 Å². The molecule has 17 nitrogen and oxygen atoms in total. The van der Waals surface area contributed by atoms with Gasteiger partial charge in [0.2, 0.25) is 0 Å². The number of phenolic OH excluding ortho intramolecular Hbond substituents is 1. The number of ether oxygens (including phenoxy) is 1. The predicted octanol–water partition coefficient (Wildman–Crippen LogP) is 14.5. The van der Waals surface area contributed by atoms with E-state index in [4.69, 9.17) is 40.5 Å². The van der Waals surface area contributed by atoms with Crippen molar-refractivity contribution in [3.63, 3.8) is 0 Å². The van der Waals surface area contributed by atoms with E-state index in [1.54, 1.807) is 69.2 Å². The second kappa shape index (κ2) is 29.7. The molecule has 6 heterocycles. The van der Waals surface area contributed by atoms with Crippen LogP contribution < -0.4 is 42.8 Å². The van der Waals surface area contributed by atoms with Crippen molar-refractivity contribution in [2.24, 2.45) is 14.1 Å². The van der Waals surface area contributed by atoms with Crippen LogP contribution in [0, 0.1) is 0 Å². The summed E-state index contributed by atoms with van der Waals surface area (Å²) in [7, 11) is 8.04. The number of aliphatic hydroxyl groups is 1. The summed E-state index contributed by atoms with van der Waals surface area (Å²) in [5, 5.41) is 30.8. The topological polar surface area (TPSA) is 221 Å². The van der Waals surface area contributed by atoms with E-state index in [9.17, 15) is 14.7 Å². The van der Waals surface area contributed by atoms with Crippen molar-refractivity contribution in [1.29, 1.82) is 0 Å². The van der Waals surface area contributed by atoms with E-state index in [1.165, 1.54) is 25.0 Å². The van der Waals surface area contributed by atoms with Gasteiger partial charge in [0.15, 0.2) is 36.8 Å². The van der Waals surface area contributed by atoms with E-state index in [2.05, 4.69) is 128 Å². The van der Waals surface area contributed by atoms with Crippen LogP contribution in [0.25, 0.3) is 89.0 Å². The number of aryl methyl sites for hydroxylation is 2. The Hall–Kier alpha value is -11.4. The standard InChI is InChI=1S/C29H23N5O3.C20H16N4O.C18H15P2S.C9H9NO3/c1-30-28-23-15-20(9-10-24(23)32-27(33-28)21-6-4-12-31-16-21)19-5-3-7-22(14-19)36-17-18-8-11-25-26(13-18)37-29(35)34(25)2;1-21-20-17-11-14(13-4-2-6-16(25)10-13)7-8-18(17)23-19(24-20)15-5-3-9-22-12-15;21-19-20(16-10-4-1-5-11-16,17-12-6-2-7-13-17)18-14-8-3-9-15-18;1-10-7-3-2-6(5-11)4-8(7)13-9(10)12/h3-16H,17H2,1-2H3,(H,30,32,33);2-12,25H,1H3,(H,21,23,24);1-15H;2-4,11H,5H2,1H3/q;;+1;. The summed E-state index contributed by atoms with van der Waals surface area (Å²) in [6, 6.07) is 77.8. The largest absolute Gasteiger partial charge is 0.508 e. The normalized spacial score (nSPS) is 11.1. The average Bonchev–Trinajstić information content (AvgIpc) is 0.961. The number of hydrogen-bond donors (Lipinski definition) is 4. The minimum atomic E-state index is -1.75. The van der Waals surface area contributed by atoms with Gasteiger partial charge >= 0.3 is 11.5 Å². The first-order chi connectivity index (χ1) is 46.9. The molecule has 15 rings (SSSR count). The third kappa shape index (κ3) is 14.2. The van der Waals surface area contributed by atoms with Crippen LogP contribution >= 0.6 is 14.0 Å². The van der Waals surface area contributed by atoms with Gasteiger partial charge in [-0.25, -0.2) is 29.5 Å². The first-order valence-corrected chi connectivity index (χ1v) is 34.8. The second-order valence-electron chi connectivity index (χ2n) is 21.9. The molecule has 0 aliphatic carbocycles. The number of aromatic nitrogens is 8. The SMILES string of the molecule is CNc1nc(-c2cccnc2)nc2ccc(-c3cccc(O)c3)cc12.CNc1nc(-c2cccnc2)nc2ccc(-c3cccc(OCc4ccc5c(c4)oc(=O)n5C)c3)cc12.Cn1c(=O)oc2cc(CO)ccc21.S=P[P+](c1ccccc1)(c1ccccc1)c1ccccc1. The summed E-state index contributed by atoms with van der Waals surface area (Å²) in [4.78, 5) is 49.9. The Morgan fingerprint density at radius 1 is 0.490 bits per heavy atom. The van der Waals surface area contributed by atoms with Crippen molar-refractivity contribution in [2.75, 3.05) is 24.7 Å². The number of benzene rings is 9. The molecule has 0 bridgehead atoms. The lowest BCUT2D eigenvalue weighted by atomic mass is 10.0. The van der Waals surface area contributed by atoms with Crippen LogP contribution in [0.1, 0.15) is 11.1 Å². The van der Waals surface area contributed by atoms with Crippen molar-refractivity contribution in [3.05, 3.63) is 294 Å². The fourth-order valence-electron chi connectivity index (χ4n) is 10.9. The maximum absolute atomic E-state index is 11.8. The summed E-state index contributed by atoms with van der Waals surface area (Å²) in [5.41, 5.74) is 11.6. The number of phenols is 1. The quantitative estimate of drug-likeness (QED) is 0.0744. The molecule has 9 aromatic carbocycles. The van der Waals surface area contributed by atoms with E-state index >= 15 is 0 Å². The Labute approximate surface area is 559 Å². The zero-order valence-electron chi connectivity index (χ0n) is 52.6. The summed E-state index contributed by atoms with van der Waals surface area (Å²) >= 11 is 5.65. The van der Waals surface area contributed by atoms with Crippen molar-refractivity contribution in [3.8, 4) is 56.5 Å². The molecule has 0 aliphatic heterocycles. The average molecular weight is 1320 g/mol. The molecule has 474 valence electrons. The highest BCUT2D eigenvalue weighted by atomic mass is 32.6. The van der Waals surface area contributed by atoms with Gasteiger partial charge < -0.3 is 34.4 Å². The predicted molar refractivity (Wildman–Crippen MR) is 390 cm³/mol. The Bertz CT molecular complexity index is 5240. The van der Waals surface area contributed by atoms with Crippen LogP contribution in [-0.4, -0.2) is 63.3 Å². The van der Waals surface area contributed by atoms with E-state index in [0.29, 0.717) is 29.4 Å². The summed E-state index contributed by atoms with van der Waals surface area (Å²) in [6.45, 7) is -1.44. The maximum atomic E-state index is 11.8. The van der Waals surface area contributed by atoms with Gasteiger partial charge in [-0.3, -0.25) is 19.1 Å². The fourth-order valence-corrected chi connectivity index (χ4v) is 18.5. The Balaban J connectivity index is 0.000000130. The minimum absolute atomic E-state index is 0.0471. The molecule has 96 heavy (non-hydrogen) atoms. The molecule has 0 radical (unpaired) electrons. The molecule has 0 saturated carbocycles. The first kappa shape index (κ1) is 64.7. The number of pyridine rings is 2. The highest BCUT2D eigenvalue weighted by molar-refractivity contribution is 8.51. The molecule has 0 aliphatic rings. The molecule has 0 spiro atoms. The van der Waals surface area contributed by atoms with E-state index in [0.717, 1.165) is 102 Å². The molecular formula is C76H63N10O7P2S+. The van der Waals surface area contributed by atoms with E-state index < -0.39 is 6.95 Å². The molecule has 0 amide bonds. The lowest BCUT2D eigenvalue weighted by Gasteiger charge is -2.21. The number of hydrogen-bond acceptors (Lipinski definition) is 16. The van der Waals surface area contributed by atoms with Gasteiger partial charge in [-0.15, -0.1) is 0 Å². The fraction of sp³-hybridized carbons (Fsp3) is 0.0789. The molecule has 6 aromatic heterocycles. The van der Waals surface area contributed by atoms with Gasteiger partial charge in [-0.05, 0) is 179 Å². The summed E-state index contributed by atoms with van der Waals surface area (Å²) < 4.78 is 19.2. The summed E-state index contributed by atoms with van der Waals surface area (Å²) in [6.07, 6.45) is 6.97. The molecule has 4 N–H and O–H groups in total. The monoisotopic (exact) mass is 1320 g/mol. The minimum Gasteiger partial charge on any atom is -0.508 e. The molecular weight excluding hydrogens is 1260 g/mol. The number of oxazole rings is 2. The van der Waals surface area contributed by atoms with Crippen molar-refractivity contribution < 1.29 is 23.8 Å². The van der Waals surface area contributed by atoms with E-state index in [1.807, 2.05) is 123 Å². The number of aliphatic hydroxyl groups excluding tert-OH is 1.